The minimum Gasteiger partial charge on any atom is -0.311 e. The van der Waals surface area contributed by atoms with E-state index in [0.717, 1.165) is 22.8 Å². The topological polar surface area (TPSA) is 93.8 Å². The average molecular weight is 594 g/mol. The normalized spacial score (nSPS) is 18.7. The van der Waals surface area contributed by atoms with Crippen molar-refractivity contribution in [2.24, 2.45) is 5.10 Å². The van der Waals surface area contributed by atoms with Gasteiger partial charge in [-0.15, -0.1) is 0 Å². The molecule has 0 N–H and O–H groups in total. The summed E-state index contributed by atoms with van der Waals surface area (Å²) in [6.07, 6.45) is 2.73. The molecule has 1 atom stereocenters. The number of sulfonamides is 1. The van der Waals surface area contributed by atoms with Crippen molar-refractivity contribution in [2.45, 2.75) is 43.4 Å². The third-order valence-corrected chi connectivity index (χ3v) is 9.30. The first-order chi connectivity index (χ1) is 19.1. The van der Waals surface area contributed by atoms with E-state index in [1.54, 1.807) is 59.5 Å². The maximum Gasteiger partial charge on any atom is 0.282 e. The second kappa shape index (κ2) is 10.7. The Kier molecular flexibility index (Phi) is 7.49. The molecule has 0 aliphatic carbocycles. The summed E-state index contributed by atoms with van der Waals surface area (Å²) >= 11 is 12.6. The van der Waals surface area contributed by atoms with Crippen molar-refractivity contribution in [2.75, 3.05) is 11.4 Å². The van der Waals surface area contributed by atoms with Crippen molar-refractivity contribution < 1.29 is 13.2 Å². The molecule has 0 aromatic heterocycles. The lowest BCUT2D eigenvalue weighted by atomic mass is 9.71. The van der Waals surface area contributed by atoms with Crippen LogP contribution in [0.1, 0.15) is 42.9 Å². The van der Waals surface area contributed by atoms with Crippen LogP contribution in [0, 0.1) is 18.3 Å². The van der Waals surface area contributed by atoms with Crippen molar-refractivity contribution in [3.05, 3.63) is 105 Å². The van der Waals surface area contributed by atoms with Crippen LogP contribution in [-0.2, 0) is 20.2 Å². The SMILES string of the molecule is CCCCN1C(=O)C2(CC(c3ccc(Cl)cc3)=NN(S(=O)(=O)c3ccc(C)cc3)C=C2C#N)c2cc(Cl)ccc21. The van der Waals surface area contributed by atoms with E-state index in [1.165, 1.54) is 18.3 Å². The Morgan fingerprint density at radius 2 is 1.70 bits per heavy atom. The molecule has 0 radical (unpaired) electrons. The van der Waals surface area contributed by atoms with Gasteiger partial charge in [0.15, 0.2) is 0 Å². The molecule has 0 saturated heterocycles. The maximum atomic E-state index is 14.4. The Morgan fingerprint density at radius 3 is 2.35 bits per heavy atom. The molecule has 204 valence electrons. The number of rotatable bonds is 6. The van der Waals surface area contributed by atoms with Crippen molar-refractivity contribution >= 4 is 50.5 Å². The molecule has 2 heterocycles. The van der Waals surface area contributed by atoms with Gasteiger partial charge in [0.05, 0.1) is 28.4 Å². The minimum atomic E-state index is -4.23. The van der Waals surface area contributed by atoms with E-state index in [-0.39, 0.29) is 22.8 Å². The lowest BCUT2D eigenvalue weighted by molar-refractivity contribution is -0.121. The van der Waals surface area contributed by atoms with Gasteiger partial charge in [-0.05, 0) is 66.9 Å². The number of amides is 1. The smallest absolute Gasteiger partial charge is 0.282 e. The number of nitrogens with zero attached hydrogens (tertiary/aromatic N) is 4. The van der Waals surface area contributed by atoms with Crippen LogP contribution < -0.4 is 4.90 Å². The van der Waals surface area contributed by atoms with Crippen LogP contribution >= 0.6 is 23.2 Å². The van der Waals surface area contributed by atoms with Gasteiger partial charge >= 0.3 is 0 Å². The predicted octanol–water partition coefficient (Wildman–Crippen LogP) is 6.59. The monoisotopic (exact) mass is 592 g/mol. The summed E-state index contributed by atoms with van der Waals surface area (Å²) in [7, 11) is -4.23. The number of halogens is 2. The zero-order chi connectivity index (χ0) is 28.7. The lowest BCUT2D eigenvalue weighted by Gasteiger charge is -2.28. The number of carbonyl (C=O) groups excluding carboxylic acids is 1. The van der Waals surface area contributed by atoms with Crippen LogP contribution in [0.25, 0.3) is 0 Å². The number of aryl methyl sites for hydroxylation is 1. The molecule has 3 aromatic carbocycles. The third kappa shape index (κ3) is 4.68. The first kappa shape index (κ1) is 27.9. The molecule has 1 amide bonds. The van der Waals surface area contributed by atoms with Gasteiger partial charge in [-0.1, -0.05) is 66.4 Å². The van der Waals surface area contributed by atoms with Gasteiger partial charge < -0.3 is 4.90 Å². The van der Waals surface area contributed by atoms with Crippen LogP contribution in [0.5, 0.6) is 0 Å². The standard InChI is InChI=1S/C30H26Cl2N4O3S/c1-3-4-15-35-28-14-11-24(32)16-26(28)30(29(35)37)17-27(21-7-9-23(31)10-8-21)34-36(19-22(30)18-33)40(38,39)25-12-5-20(2)6-13-25/h5-14,16,19H,3-4,15,17H2,1-2H3. The van der Waals surface area contributed by atoms with Gasteiger partial charge in [0.25, 0.3) is 10.0 Å². The summed E-state index contributed by atoms with van der Waals surface area (Å²) in [5.41, 5.74) is 1.40. The summed E-state index contributed by atoms with van der Waals surface area (Å²) in [4.78, 5) is 16.1. The number of hydrazone groups is 1. The molecule has 0 fully saturated rings. The molecule has 2 aliphatic rings. The molecule has 7 nitrogen and oxygen atoms in total. The fourth-order valence-corrected chi connectivity index (χ4v) is 6.57. The molecule has 0 bridgehead atoms. The molecular formula is C30H26Cl2N4O3S. The fourth-order valence-electron chi connectivity index (χ4n) is 5.13. The van der Waals surface area contributed by atoms with E-state index in [2.05, 4.69) is 11.2 Å². The number of benzene rings is 3. The highest BCUT2D eigenvalue weighted by molar-refractivity contribution is 7.89. The van der Waals surface area contributed by atoms with E-state index in [0.29, 0.717) is 39.1 Å². The van der Waals surface area contributed by atoms with Crippen molar-refractivity contribution in [3.8, 4) is 6.07 Å². The molecule has 1 unspecified atom stereocenters. The third-order valence-electron chi connectivity index (χ3n) is 7.27. The lowest BCUT2D eigenvalue weighted by Crippen LogP contribution is -2.43. The number of carbonyl (C=O) groups is 1. The molecule has 2 aliphatic heterocycles. The van der Waals surface area contributed by atoms with E-state index in [1.807, 2.05) is 13.8 Å². The molecule has 0 saturated carbocycles. The number of fused-ring (bicyclic) bond motifs is 2. The Bertz CT molecular complexity index is 1690. The van der Waals surface area contributed by atoms with E-state index in [4.69, 9.17) is 23.2 Å². The van der Waals surface area contributed by atoms with E-state index >= 15 is 0 Å². The Labute approximate surface area is 244 Å². The summed E-state index contributed by atoms with van der Waals surface area (Å²) in [5, 5.41) is 16.0. The molecule has 40 heavy (non-hydrogen) atoms. The zero-order valence-electron chi connectivity index (χ0n) is 21.9. The number of hydrogen-bond donors (Lipinski definition) is 0. The summed E-state index contributed by atoms with van der Waals surface area (Å²) < 4.78 is 28.5. The minimum absolute atomic E-state index is 0.00700. The van der Waals surface area contributed by atoms with Crippen LogP contribution in [0.3, 0.4) is 0 Å². The van der Waals surface area contributed by atoms with Gasteiger partial charge in [-0.25, -0.2) is 0 Å². The van der Waals surface area contributed by atoms with Crippen LogP contribution in [0.4, 0.5) is 5.69 Å². The number of hydrogen-bond acceptors (Lipinski definition) is 5. The highest BCUT2D eigenvalue weighted by atomic mass is 35.5. The molecule has 10 heteroatoms. The second-order valence-corrected chi connectivity index (χ2v) is 12.5. The zero-order valence-corrected chi connectivity index (χ0v) is 24.3. The first-order valence-corrected chi connectivity index (χ1v) is 15.0. The second-order valence-electron chi connectivity index (χ2n) is 9.85. The van der Waals surface area contributed by atoms with Crippen LogP contribution in [-0.4, -0.2) is 31.0 Å². The summed E-state index contributed by atoms with van der Waals surface area (Å²) in [5.74, 6) is -0.317. The van der Waals surface area contributed by atoms with Crippen LogP contribution in [0.15, 0.2) is 88.5 Å². The quantitative estimate of drug-likeness (QED) is 0.322. The van der Waals surface area contributed by atoms with Crippen LogP contribution in [0.2, 0.25) is 10.0 Å². The molecule has 3 aromatic rings. The Balaban J connectivity index is 1.78. The van der Waals surface area contributed by atoms with Crippen molar-refractivity contribution in [1.82, 2.24) is 4.41 Å². The van der Waals surface area contributed by atoms with Gasteiger partial charge in [0.2, 0.25) is 5.91 Å². The van der Waals surface area contributed by atoms with E-state index in [9.17, 15) is 18.5 Å². The van der Waals surface area contributed by atoms with E-state index < -0.39 is 15.4 Å². The van der Waals surface area contributed by atoms with Crippen molar-refractivity contribution in [3.63, 3.8) is 0 Å². The van der Waals surface area contributed by atoms with Gasteiger partial charge in [-0.2, -0.15) is 23.2 Å². The summed E-state index contributed by atoms with van der Waals surface area (Å²) in [6.45, 7) is 4.34. The number of anilines is 1. The number of unbranched alkanes of at least 4 members (excludes halogenated alkanes) is 1. The number of nitriles is 1. The van der Waals surface area contributed by atoms with Gasteiger partial charge in [0.1, 0.15) is 5.41 Å². The Morgan fingerprint density at radius 1 is 1.02 bits per heavy atom. The molecular weight excluding hydrogens is 567 g/mol. The van der Waals surface area contributed by atoms with Gasteiger partial charge in [0, 0.05) is 28.7 Å². The van der Waals surface area contributed by atoms with Crippen molar-refractivity contribution in [1.29, 1.82) is 5.26 Å². The summed E-state index contributed by atoms with van der Waals surface area (Å²) in [6, 6.07) is 20.5. The largest absolute Gasteiger partial charge is 0.311 e. The molecule has 5 rings (SSSR count). The average Bonchev–Trinajstić information content (AvgIpc) is 3.05. The molecule has 1 spiro atoms. The highest BCUT2D eigenvalue weighted by Crippen LogP contribution is 2.51. The predicted molar refractivity (Wildman–Crippen MR) is 157 cm³/mol. The maximum absolute atomic E-state index is 14.4. The highest BCUT2D eigenvalue weighted by Gasteiger charge is 2.55. The first-order valence-electron chi connectivity index (χ1n) is 12.8. The fraction of sp³-hybridized carbons (Fsp3) is 0.233. The van der Waals surface area contributed by atoms with Gasteiger partial charge in [-0.3, -0.25) is 4.79 Å². The Hall–Kier alpha value is -3.64.